The van der Waals surface area contributed by atoms with E-state index in [0.29, 0.717) is 6.42 Å². The highest BCUT2D eigenvalue weighted by Crippen LogP contribution is 2.17. The Morgan fingerprint density at radius 1 is 1.38 bits per heavy atom. The lowest BCUT2D eigenvalue weighted by Crippen LogP contribution is -2.39. The predicted molar refractivity (Wildman–Crippen MR) is 63.2 cm³/mol. The van der Waals surface area contributed by atoms with Gasteiger partial charge in [0.05, 0.1) is 0 Å². The van der Waals surface area contributed by atoms with E-state index in [-0.39, 0.29) is 17.6 Å². The number of Topliss-reactive ketones (excluding diaryl/α,β-unsaturated/α-hetero) is 1. The SMILES string of the molecule is CC(=O)C1CCCN(CCC(=O)N(C)C)C1. The van der Waals surface area contributed by atoms with E-state index in [2.05, 4.69) is 4.90 Å². The van der Waals surface area contributed by atoms with Crippen molar-refractivity contribution in [1.82, 2.24) is 9.80 Å². The summed E-state index contributed by atoms with van der Waals surface area (Å²) in [5.41, 5.74) is 0. The molecule has 0 spiro atoms. The van der Waals surface area contributed by atoms with Gasteiger partial charge in [0.25, 0.3) is 0 Å². The third-order valence-corrected chi connectivity index (χ3v) is 3.22. The summed E-state index contributed by atoms with van der Waals surface area (Å²) in [5, 5.41) is 0. The van der Waals surface area contributed by atoms with Crippen molar-refractivity contribution in [2.24, 2.45) is 5.92 Å². The van der Waals surface area contributed by atoms with Crippen LogP contribution in [0, 0.1) is 5.92 Å². The zero-order valence-corrected chi connectivity index (χ0v) is 10.5. The average Bonchev–Trinajstić information content (AvgIpc) is 2.26. The molecule has 16 heavy (non-hydrogen) atoms. The van der Waals surface area contributed by atoms with E-state index in [0.717, 1.165) is 32.5 Å². The first kappa shape index (κ1) is 13.2. The summed E-state index contributed by atoms with van der Waals surface area (Å²) < 4.78 is 0. The third kappa shape index (κ3) is 3.93. The number of ketones is 1. The molecule has 0 radical (unpaired) electrons. The van der Waals surface area contributed by atoms with Gasteiger partial charge in [0.1, 0.15) is 5.78 Å². The second-order valence-electron chi connectivity index (χ2n) is 4.79. The van der Waals surface area contributed by atoms with Gasteiger partial charge in [-0.2, -0.15) is 0 Å². The van der Waals surface area contributed by atoms with Crippen LogP contribution in [0.1, 0.15) is 26.2 Å². The van der Waals surface area contributed by atoms with Crippen LogP contribution in [0.2, 0.25) is 0 Å². The lowest BCUT2D eigenvalue weighted by Gasteiger charge is -2.31. The summed E-state index contributed by atoms with van der Waals surface area (Å²) in [6.45, 7) is 4.29. The highest BCUT2D eigenvalue weighted by atomic mass is 16.2. The van der Waals surface area contributed by atoms with Crippen LogP contribution in [0.15, 0.2) is 0 Å². The lowest BCUT2D eigenvalue weighted by atomic mass is 9.94. The van der Waals surface area contributed by atoms with Gasteiger partial charge in [0, 0.05) is 39.5 Å². The topological polar surface area (TPSA) is 40.6 Å². The summed E-state index contributed by atoms with van der Waals surface area (Å²) >= 11 is 0. The summed E-state index contributed by atoms with van der Waals surface area (Å²) in [5.74, 6) is 0.622. The second kappa shape index (κ2) is 5.99. The molecule has 0 aliphatic carbocycles. The van der Waals surface area contributed by atoms with E-state index in [4.69, 9.17) is 0 Å². The number of amides is 1. The standard InChI is InChI=1S/C12H22N2O2/c1-10(15)11-5-4-7-14(9-11)8-6-12(16)13(2)3/h11H,4-9H2,1-3H3. The average molecular weight is 226 g/mol. The second-order valence-corrected chi connectivity index (χ2v) is 4.79. The molecule has 1 amide bonds. The monoisotopic (exact) mass is 226 g/mol. The van der Waals surface area contributed by atoms with E-state index in [1.54, 1.807) is 25.9 Å². The van der Waals surface area contributed by atoms with E-state index in [1.807, 2.05) is 0 Å². The fourth-order valence-corrected chi connectivity index (χ4v) is 2.07. The summed E-state index contributed by atoms with van der Waals surface area (Å²) in [6.07, 6.45) is 2.63. The molecule has 1 aliphatic rings. The number of likely N-dealkylation sites (tertiary alicyclic amines) is 1. The molecule has 1 atom stereocenters. The molecule has 4 heteroatoms. The van der Waals surface area contributed by atoms with Gasteiger partial charge in [-0.1, -0.05) is 0 Å². The minimum atomic E-state index is 0.157. The summed E-state index contributed by atoms with van der Waals surface area (Å²) in [7, 11) is 3.55. The van der Waals surface area contributed by atoms with Gasteiger partial charge in [-0.15, -0.1) is 0 Å². The smallest absolute Gasteiger partial charge is 0.223 e. The van der Waals surface area contributed by atoms with Crippen LogP contribution in [-0.4, -0.2) is 55.2 Å². The minimum Gasteiger partial charge on any atom is -0.349 e. The summed E-state index contributed by atoms with van der Waals surface area (Å²) in [6, 6.07) is 0. The molecule has 1 saturated heterocycles. The number of carbonyl (C=O) groups is 2. The number of piperidine rings is 1. The first-order valence-electron chi connectivity index (χ1n) is 5.93. The van der Waals surface area contributed by atoms with Gasteiger partial charge in [0.2, 0.25) is 5.91 Å². The molecule has 0 aromatic carbocycles. The van der Waals surface area contributed by atoms with Crippen molar-refractivity contribution in [3.05, 3.63) is 0 Å². The van der Waals surface area contributed by atoms with Crippen LogP contribution in [0.25, 0.3) is 0 Å². The fourth-order valence-electron chi connectivity index (χ4n) is 2.07. The van der Waals surface area contributed by atoms with Crippen LogP contribution in [-0.2, 0) is 9.59 Å². The van der Waals surface area contributed by atoms with Crippen LogP contribution in [0.5, 0.6) is 0 Å². The van der Waals surface area contributed by atoms with E-state index in [9.17, 15) is 9.59 Å². The molecule has 0 aromatic rings. The van der Waals surface area contributed by atoms with Crippen molar-refractivity contribution in [2.45, 2.75) is 26.2 Å². The van der Waals surface area contributed by atoms with Gasteiger partial charge in [-0.05, 0) is 26.3 Å². The molecular weight excluding hydrogens is 204 g/mol. The van der Waals surface area contributed by atoms with Gasteiger partial charge >= 0.3 is 0 Å². The van der Waals surface area contributed by atoms with Gasteiger partial charge in [-0.3, -0.25) is 9.59 Å². The highest BCUT2D eigenvalue weighted by molar-refractivity contribution is 5.78. The molecule has 1 unspecified atom stereocenters. The number of rotatable bonds is 4. The third-order valence-electron chi connectivity index (χ3n) is 3.22. The van der Waals surface area contributed by atoms with Crippen molar-refractivity contribution in [2.75, 3.05) is 33.7 Å². The van der Waals surface area contributed by atoms with Gasteiger partial charge in [0.15, 0.2) is 0 Å². The van der Waals surface area contributed by atoms with E-state index in [1.165, 1.54) is 0 Å². The Balaban J connectivity index is 2.32. The highest BCUT2D eigenvalue weighted by Gasteiger charge is 2.23. The lowest BCUT2D eigenvalue weighted by molar-refractivity contribution is -0.129. The number of nitrogens with zero attached hydrogens (tertiary/aromatic N) is 2. The molecule has 0 N–H and O–H groups in total. The molecule has 0 saturated carbocycles. The Kier molecular flexibility index (Phi) is 4.93. The molecule has 0 aromatic heterocycles. The first-order chi connectivity index (χ1) is 7.50. The summed E-state index contributed by atoms with van der Waals surface area (Å²) in [4.78, 5) is 26.6. The van der Waals surface area contributed by atoms with Crippen LogP contribution < -0.4 is 0 Å². The Labute approximate surface area is 97.6 Å². The Bertz CT molecular complexity index is 264. The van der Waals surface area contributed by atoms with Gasteiger partial charge < -0.3 is 9.80 Å². The maximum Gasteiger partial charge on any atom is 0.223 e. The Hall–Kier alpha value is -0.900. The normalized spacial score (nSPS) is 21.8. The van der Waals surface area contributed by atoms with Crippen molar-refractivity contribution >= 4 is 11.7 Å². The van der Waals surface area contributed by atoms with Crippen molar-refractivity contribution < 1.29 is 9.59 Å². The predicted octanol–water partition coefficient (Wildman–Crippen LogP) is 0.766. The van der Waals surface area contributed by atoms with Crippen molar-refractivity contribution in [1.29, 1.82) is 0 Å². The zero-order chi connectivity index (χ0) is 12.1. The minimum absolute atomic E-state index is 0.157. The van der Waals surface area contributed by atoms with Crippen molar-refractivity contribution in [3.63, 3.8) is 0 Å². The number of hydrogen-bond donors (Lipinski definition) is 0. The van der Waals surface area contributed by atoms with E-state index >= 15 is 0 Å². The largest absolute Gasteiger partial charge is 0.349 e. The first-order valence-corrected chi connectivity index (χ1v) is 5.93. The molecule has 0 bridgehead atoms. The van der Waals surface area contributed by atoms with Gasteiger partial charge in [-0.25, -0.2) is 0 Å². The van der Waals surface area contributed by atoms with Crippen LogP contribution in [0.4, 0.5) is 0 Å². The van der Waals surface area contributed by atoms with E-state index < -0.39 is 0 Å². The molecule has 92 valence electrons. The molecule has 1 rings (SSSR count). The van der Waals surface area contributed by atoms with Crippen LogP contribution >= 0.6 is 0 Å². The molecular formula is C12H22N2O2. The maximum absolute atomic E-state index is 11.4. The maximum atomic E-state index is 11.4. The molecule has 1 fully saturated rings. The molecule has 4 nitrogen and oxygen atoms in total. The number of carbonyl (C=O) groups excluding carboxylic acids is 2. The van der Waals surface area contributed by atoms with Crippen molar-refractivity contribution in [3.8, 4) is 0 Å². The molecule has 1 aliphatic heterocycles. The quantitative estimate of drug-likeness (QED) is 0.711. The van der Waals surface area contributed by atoms with Crippen LogP contribution in [0.3, 0.4) is 0 Å². The fraction of sp³-hybridized carbons (Fsp3) is 0.833. The zero-order valence-electron chi connectivity index (χ0n) is 10.5. The Morgan fingerprint density at radius 2 is 2.06 bits per heavy atom. The Morgan fingerprint density at radius 3 is 2.62 bits per heavy atom. The number of hydrogen-bond acceptors (Lipinski definition) is 3. The molecule has 1 heterocycles.